The third kappa shape index (κ3) is 4.08. The van der Waals surface area contributed by atoms with Crippen molar-refractivity contribution in [3.8, 4) is 6.07 Å². The van der Waals surface area contributed by atoms with Gasteiger partial charge in [-0.3, -0.25) is 4.79 Å². The van der Waals surface area contributed by atoms with Gasteiger partial charge in [-0.2, -0.15) is 5.26 Å². The third-order valence-electron chi connectivity index (χ3n) is 1.43. The second-order valence-corrected chi connectivity index (χ2v) is 5.26. The van der Waals surface area contributed by atoms with Gasteiger partial charge in [0.1, 0.15) is 10.9 Å². The zero-order chi connectivity index (χ0) is 11.3. The first-order valence-electron chi connectivity index (χ1n) is 4.04. The summed E-state index contributed by atoms with van der Waals surface area (Å²) in [5, 5.41) is 17.3. The van der Waals surface area contributed by atoms with Gasteiger partial charge < -0.3 is 5.11 Å². The van der Waals surface area contributed by atoms with Crippen molar-refractivity contribution in [3.05, 3.63) is 10.0 Å². The highest BCUT2D eigenvalue weighted by molar-refractivity contribution is 8.01. The zero-order valence-electron chi connectivity index (χ0n) is 7.57. The van der Waals surface area contributed by atoms with Gasteiger partial charge in [-0.15, -0.1) is 0 Å². The van der Waals surface area contributed by atoms with Crippen LogP contribution in [0.3, 0.4) is 0 Å². The summed E-state index contributed by atoms with van der Waals surface area (Å²) >= 11 is 8.33. The topological polar surface area (TPSA) is 74.0 Å². The normalized spacial score (nSPS) is 9.87. The van der Waals surface area contributed by atoms with E-state index in [1.54, 1.807) is 0 Å². The Morgan fingerprint density at radius 1 is 1.73 bits per heavy atom. The van der Waals surface area contributed by atoms with Gasteiger partial charge in [-0.1, -0.05) is 34.7 Å². The molecule has 7 heteroatoms. The highest BCUT2D eigenvalue weighted by Crippen LogP contribution is 2.29. The van der Waals surface area contributed by atoms with Crippen LogP contribution in [-0.4, -0.2) is 21.8 Å². The number of rotatable bonds is 5. The Kier molecular flexibility index (Phi) is 4.88. The maximum Gasteiger partial charge on any atom is 0.303 e. The number of nitrogens with zero attached hydrogens (tertiary/aromatic N) is 2. The minimum Gasteiger partial charge on any atom is -0.481 e. The van der Waals surface area contributed by atoms with E-state index in [4.69, 9.17) is 22.0 Å². The number of aromatic nitrogens is 1. The van der Waals surface area contributed by atoms with Gasteiger partial charge in [0.2, 0.25) is 0 Å². The molecule has 0 aliphatic rings. The highest BCUT2D eigenvalue weighted by Gasteiger charge is 2.08. The monoisotopic (exact) mass is 262 g/mol. The van der Waals surface area contributed by atoms with E-state index in [0.29, 0.717) is 21.4 Å². The molecule has 1 aromatic rings. The van der Waals surface area contributed by atoms with Crippen LogP contribution in [0, 0.1) is 11.3 Å². The van der Waals surface area contributed by atoms with E-state index in [9.17, 15) is 4.79 Å². The average Bonchev–Trinajstić information content (AvgIpc) is 2.53. The average molecular weight is 263 g/mol. The van der Waals surface area contributed by atoms with Crippen molar-refractivity contribution in [1.82, 2.24) is 4.98 Å². The van der Waals surface area contributed by atoms with E-state index in [0.717, 1.165) is 0 Å². The summed E-state index contributed by atoms with van der Waals surface area (Å²) in [5.41, 5.74) is 0. The lowest BCUT2D eigenvalue weighted by Crippen LogP contribution is -1.94. The fourth-order valence-electron chi connectivity index (χ4n) is 0.797. The molecule has 0 saturated heterocycles. The van der Waals surface area contributed by atoms with Gasteiger partial charge in [0, 0.05) is 12.2 Å². The number of carboxylic acids is 1. The predicted octanol–water partition coefficient (Wildman–Crippen LogP) is 2.63. The number of hydrogen-bond donors (Lipinski definition) is 1. The quantitative estimate of drug-likeness (QED) is 0.652. The van der Waals surface area contributed by atoms with Crippen LogP contribution in [0.15, 0.2) is 4.34 Å². The molecule has 0 aliphatic heterocycles. The molecule has 4 nitrogen and oxygen atoms in total. The van der Waals surface area contributed by atoms with Crippen LogP contribution < -0.4 is 0 Å². The fourth-order valence-corrected chi connectivity index (χ4v) is 2.98. The van der Waals surface area contributed by atoms with Crippen LogP contribution in [0.4, 0.5) is 0 Å². The van der Waals surface area contributed by atoms with Crippen molar-refractivity contribution in [2.45, 2.75) is 17.2 Å². The number of thiazole rings is 1. The first-order valence-corrected chi connectivity index (χ1v) is 6.22. The largest absolute Gasteiger partial charge is 0.481 e. The van der Waals surface area contributed by atoms with E-state index < -0.39 is 5.97 Å². The Morgan fingerprint density at radius 2 is 2.47 bits per heavy atom. The molecule has 0 radical (unpaired) electrons. The van der Waals surface area contributed by atoms with E-state index >= 15 is 0 Å². The Labute approximate surface area is 99.9 Å². The Hall–Kier alpha value is -0.770. The molecule has 0 aliphatic carbocycles. The Morgan fingerprint density at radius 3 is 3.00 bits per heavy atom. The van der Waals surface area contributed by atoms with Crippen molar-refractivity contribution in [3.63, 3.8) is 0 Å². The number of carbonyl (C=O) groups is 1. The molecule has 0 atom stereocenters. The second kappa shape index (κ2) is 5.95. The minimum atomic E-state index is -0.800. The van der Waals surface area contributed by atoms with E-state index in [-0.39, 0.29) is 11.6 Å². The van der Waals surface area contributed by atoms with Crippen molar-refractivity contribution >= 4 is 40.7 Å². The van der Waals surface area contributed by atoms with Gasteiger partial charge in [-0.05, 0) is 6.42 Å². The molecule has 15 heavy (non-hydrogen) atoms. The lowest BCUT2D eigenvalue weighted by Gasteiger charge is -1.94. The fraction of sp³-hybridized carbons (Fsp3) is 0.375. The SMILES string of the molecule is N#Cc1sc(SCCCC(=O)O)nc1Cl. The summed E-state index contributed by atoms with van der Waals surface area (Å²) in [4.78, 5) is 14.6. The lowest BCUT2D eigenvalue weighted by atomic mass is 10.3. The predicted molar refractivity (Wildman–Crippen MR) is 59.4 cm³/mol. The van der Waals surface area contributed by atoms with E-state index in [1.807, 2.05) is 6.07 Å². The molecule has 0 fully saturated rings. The van der Waals surface area contributed by atoms with Crippen LogP contribution in [0.1, 0.15) is 17.7 Å². The smallest absolute Gasteiger partial charge is 0.303 e. The Balaban J connectivity index is 2.38. The first kappa shape index (κ1) is 12.3. The van der Waals surface area contributed by atoms with Crippen molar-refractivity contribution in [1.29, 1.82) is 5.26 Å². The summed E-state index contributed by atoms with van der Waals surface area (Å²) in [6.07, 6.45) is 0.732. The molecule has 1 aromatic heterocycles. The van der Waals surface area contributed by atoms with Crippen molar-refractivity contribution in [2.24, 2.45) is 0 Å². The summed E-state index contributed by atoms with van der Waals surface area (Å²) in [6, 6.07) is 1.94. The van der Waals surface area contributed by atoms with Gasteiger partial charge in [0.25, 0.3) is 0 Å². The number of thioether (sulfide) groups is 1. The summed E-state index contributed by atoms with van der Waals surface area (Å²) in [7, 11) is 0. The molecule has 1 rings (SSSR count). The molecule has 0 aromatic carbocycles. The van der Waals surface area contributed by atoms with Crippen LogP contribution in [0.5, 0.6) is 0 Å². The van der Waals surface area contributed by atoms with Crippen LogP contribution in [-0.2, 0) is 4.79 Å². The summed E-state index contributed by atoms with van der Waals surface area (Å²) < 4.78 is 0.710. The molecule has 0 amide bonds. The maximum atomic E-state index is 10.2. The van der Waals surface area contributed by atoms with Crippen molar-refractivity contribution in [2.75, 3.05) is 5.75 Å². The molecule has 0 saturated carbocycles. The van der Waals surface area contributed by atoms with Gasteiger partial charge >= 0.3 is 5.97 Å². The summed E-state index contributed by atoms with van der Waals surface area (Å²) in [6.45, 7) is 0. The first-order chi connectivity index (χ1) is 7.13. The van der Waals surface area contributed by atoms with E-state index in [2.05, 4.69) is 4.98 Å². The third-order valence-corrected chi connectivity index (χ3v) is 4.00. The number of hydrogen-bond acceptors (Lipinski definition) is 5. The van der Waals surface area contributed by atoms with Crippen molar-refractivity contribution < 1.29 is 9.90 Å². The molecule has 0 unspecified atom stereocenters. The number of halogens is 1. The summed E-state index contributed by atoms with van der Waals surface area (Å²) in [5.74, 6) is -0.133. The maximum absolute atomic E-state index is 10.2. The number of nitriles is 1. The van der Waals surface area contributed by atoms with Gasteiger partial charge in [0.15, 0.2) is 9.49 Å². The highest BCUT2D eigenvalue weighted by atomic mass is 35.5. The van der Waals surface area contributed by atoms with Gasteiger partial charge in [0.05, 0.1) is 0 Å². The molecule has 0 spiro atoms. The molecule has 80 valence electrons. The zero-order valence-corrected chi connectivity index (χ0v) is 9.95. The van der Waals surface area contributed by atoms with Gasteiger partial charge in [-0.25, -0.2) is 4.98 Å². The number of carboxylic acid groups (broad SMARTS) is 1. The number of aliphatic carboxylic acids is 1. The molecular formula is C8H7ClN2O2S2. The Bertz CT molecular complexity index is 400. The van der Waals surface area contributed by atoms with E-state index in [1.165, 1.54) is 23.1 Å². The van der Waals surface area contributed by atoms with Crippen LogP contribution >= 0.6 is 34.7 Å². The lowest BCUT2D eigenvalue weighted by molar-refractivity contribution is -0.137. The molecule has 1 N–H and O–H groups in total. The molecular weight excluding hydrogens is 256 g/mol. The van der Waals surface area contributed by atoms with Crippen LogP contribution in [0.25, 0.3) is 0 Å². The molecule has 0 bridgehead atoms. The minimum absolute atomic E-state index is 0.150. The standard InChI is InChI=1S/C8H7ClN2O2S2/c9-7-5(4-10)15-8(11-7)14-3-1-2-6(12)13/h1-3H2,(H,12,13). The molecule has 1 heterocycles. The second-order valence-electron chi connectivity index (χ2n) is 2.56. The van der Waals surface area contributed by atoms with Crippen LogP contribution in [0.2, 0.25) is 5.15 Å².